The Morgan fingerprint density at radius 2 is 2.29 bits per heavy atom. The lowest BCUT2D eigenvalue weighted by molar-refractivity contribution is -0.384. The highest BCUT2D eigenvalue weighted by Gasteiger charge is 2.40. The lowest BCUT2D eigenvalue weighted by atomic mass is 10.0. The van der Waals surface area contributed by atoms with Gasteiger partial charge in [0.15, 0.2) is 0 Å². The zero-order chi connectivity index (χ0) is 15.7. The lowest BCUT2D eigenvalue weighted by Gasteiger charge is -2.27. The number of ether oxygens (including phenoxy) is 1. The second kappa shape index (κ2) is 5.68. The van der Waals surface area contributed by atoms with Crippen LogP contribution in [0.2, 0.25) is 0 Å². The van der Waals surface area contributed by atoms with Crippen molar-refractivity contribution in [1.82, 2.24) is 9.78 Å². The molecular formula is C12H18N4O5. The van der Waals surface area contributed by atoms with Crippen LogP contribution in [0, 0.1) is 23.0 Å². The zero-order valence-corrected chi connectivity index (χ0v) is 12.1. The predicted octanol–water partition coefficient (Wildman–Crippen LogP) is 0.655. The summed E-state index contributed by atoms with van der Waals surface area (Å²) in [6, 6.07) is -0.456. The Morgan fingerprint density at radius 3 is 2.81 bits per heavy atom. The van der Waals surface area contributed by atoms with Crippen LogP contribution in [-0.4, -0.2) is 52.1 Å². The number of aliphatic carboxylic acids is 1. The van der Waals surface area contributed by atoms with E-state index in [1.165, 1.54) is 4.68 Å². The molecule has 2 rings (SSSR count). The number of carboxylic acid groups (broad SMARTS) is 1. The third-order valence-corrected chi connectivity index (χ3v) is 3.75. The second-order valence-corrected chi connectivity index (χ2v) is 4.99. The van der Waals surface area contributed by atoms with E-state index in [2.05, 4.69) is 5.10 Å². The van der Waals surface area contributed by atoms with Crippen LogP contribution in [0.1, 0.15) is 12.6 Å². The standard InChI is InChI=1S/C12H18N4O5/c1-4-15-11(10(16(19)20)7(2)13-15)14(3)9-6-21-5-8(9)12(17)18/h8-9H,4-6H2,1-3H3,(H,17,18). The van der Waals surface area contributed by atoms with Gasteiger partial charge >= 0.3 is 11.7 Å². The van der Waals surface area contributed by atoms with Crippen molar-refractivity contribution >= 4 is 17.5 Å². The highest BCUT2D eigenvalue weighted by molar-refractivity contribution is 5.73. The fourth-order valence-corrected chi connectivity index (χ4v) is 2.66. The molecule has 116 valence electrons. The highest BCUT2D eigenvalue weighted by Crippen LogP contribution is 2.34. The summed E-state index contributed by atoms with van der Waals surface area (Å²) in [7, 11) is 1.64. The van der Waals surface area contributed by atoms with Crippen molar-refractivity contribution in [2.45, 2.75) is 26.4 Å². The molecule has 0 aliphatic carbocycles. The first-order valence-electron chi connectivity index (χ1n) is 6.63. The molecule has 2 heterocycles. The summed E-state index contributed by atoms with van der Waals surface area (Å²) in [5.74, 6) is -1.36. The van der Waals surface area contributed by atoms with Gasteiger partial charge in [-0.25, -0.2) is 4.68 Å². The van der Waals surface area contributed by atoms with Crippen LogP contribution in [0.15, 0.2) is 0 Å². The molecule has 0 bridgehead atoms. The molecule has 2 unspecified atom stereocenters. The summed E-state index contributed by atoms with van der Waals surface area (Å²) in [4.78, 5) is 23.7. The fraction of sp³-hybridized carbons (Fsp3) is 0.667. The number of rotatable bonds is 5. The maximum atomic E-state index is 11.3. The van der Waals surface area contributed by atoms with Gasteiger partial charge in [0.2, 0.25) is 5.82 Å². The van der Waals surface area contributed by atoms with Gasteiger partial charge < -0.3 is 14.7 Å². The molecule has 0 amide bonds. The number of carbonyl (C=O) groups is 1. The SMILES string of the molecule is CCn1nc(C)c([N+](=O)[O-])c1N(C)C1COCC1C(=O)O. The van der Waals surface area contributed by atoms with Crippen molar-refractivity contribution in [3.8, 4) is 0 Å². The molecule has 21 heavy (non-hydrogen) atoms. The van der Waals surface area contributed by atoms with Crippen molar-refractivity contribution in [1.29, 1.82) is 0 Å². The van der Waals surface area contributed by atoms with Gasteiger partial charge in [0, 0.05) is 13.6 Å². The number of carboxylic acids is 1. The molecule has 9 heteroatoms. The minimum absolute atomic E-state index is 0.0876. The summed E-state index contributed by atoms with van der Waals surface area (Å²) in [5, 5.41) is 24.7. The van der Waals surface area contributed by atoms with Gasteiger partial charge in [-0.15, -0.1) is 0 Å². The van der Waals surface area contributed by atoms with Crippen LogP contribution in [0.25, 0.3) is 0 Å². The number of hydrogen-bond donors (Lipinski definition) is 1. The normalized spacial score (nSPS) is 21.5. The number of aromatic nitrogens is 2. The third kappa shape index (κ3) is 2.56. The van der Waals surface area contributed by atoms with E-state index in [4.69, 9.17) is 4.74 Å². The van der Waals surface area contributed by atoms with Crippen LogP contribution >= 0.6 is 0 Å². The van der Waals surface area contributed by atoms with Crippen molar-refractivity contribution in [3.05, 3.63) is 15.8 Å². The Morgan fingerprint density at radius 1 is 1.62 bits per heavy atom. The number of likely N-dealkylation sites (N-methyl/N-ethyl adjacent to an activating group) is 1. The second-order valence-electron chi connectivity index (χ2n) is 4.99. The van der Waals surface area contributed by atoms with E-state index < -0.39 is 22.9 Å². The summed E-state index contributed by atoms with van der Waals surface area (Å²) < 4.78 is 6.75. The molecule has 0 aromatic carbocycles. The van der Waals surface area contributed by atoms with Gasteiger partial charge in [-0.3, -0.25) is 14.9 Å². The molecule has 1 saturated heterocycles. The molecule has 2 atom stereocenters. The number of anilines is 1. The predicted molar refractivity (Wildman–Crippen MR) is 73.4 cm³/mol. The molecule has 1 fully saturated rings. The monoisotopic (exact) mass is 298 g/mol. The Kier molecular flexibility index (Phi) is 4.12. The highest BCUT2D eigenvalue weighted by atomic mass is 16.6. The summed E-state index contributed by atoms with van der Waals surface area (Å²) >= 11 is 0. The molecule has 1 N–H and O–H groups in total. The number of aryl methyl sites for hydroxylation is 2. The van der Waals surface area contributed by atoms with E-state index in [1.54, 1.807) is 18.9 Å². The number of hydrogen-bond acceptors (Lipinski definition) is 6. The molecular weight excluding hydrogens is 280 g/mol. The van der Waals surface area contributed by atoms with Gasteiger partial charge in [-0.05, 0) is 13.8 Å². The first-order valence-corrected chi connectivity index (χ1v) is 6.63. The summed E-state index contributed by atoms with van der Waals surface area (Å²) in [6.07, 6.45) is 0. The molecule has 9 nitrogen and oxygen atoms in total. The molecule has 1 aliphatic heterocycles. The average molecular weight is 298 g/mol. The first kappa shape index (κ1) is 15.2. The van der Waals surface area contributed by atoms with Crippen molar-refractivity contribution in [3.63, 3.8) is 0 Å². The molecule has 1 aliphatic rings. The topological polar surface area (TPSA) is 111 Å². The third-order valence-electron chi connectivity index (χ3n) is 3.75. The Bertz CT molecular complexity index is 570. The van der Waals surface area contributed by atoms with E-state index in [1.807, 2.05) is 6.92 Å². The molecule has 0 saturated carbocycles. The summed E-state index contributed by atoms with van der Waals surface area (Å²) in [5.41, 5.74) is 0.227. The van der Waals surface area contributed by atoms with Gasteiger partial charge in [0.1, 0.15) is 11.6 Å². The Hall–Kier alpha value is -2.16. The Balaban J connectivity index is 2.45. The Labute approximate surface area is 121 Å². The minimum Gasteiger partial charge on any atom is -0.481 e. The van der Waals surface area contributed by atoms with Gasteiger partial charge in [-0.1, -0.05) is 0 Å². The summed E-state index contributed by atoms with van der Waals surface area (Å²) in [6.45, 7) is 4.18. The quantitative estimate of drug-likeness (QED) is 0.627. The van der Waals surface area contributed by atoms with Gasteiger partial charge in [0.05, 0.1) is 24.2 Å². The molecule has 0 spiro atoms. The maximum absolute atomic E-state index is 11.3. The van der Waals surface area contributed by atoms with Gasteiger partial charge in [-0.2, -0.15) is 5.10 Å². The van der Waals surface area contributed by atoms with Crippen LogP contribution in [0.5, 0.6) is 0 Å². The fourth-order valence-electron chi connectivity index (χ4n) is 2.66. The van der Waals surface area contributed by atoms with E-state index in [0.717, 1.165) is 0 Å². The number of nitrogens with zero attached hydrogens (tertiary/aromatic N) is 4. The average Bonchev–Trinajstić information content (AvgIpc) is 3.01. The molecule has 1 aromatic rings. The lowest BCUT2D eigenvalue weighted by Crippen LogP contribution is -2.42. The molecule has 0 radical (unpaired) electrons. The minimum atomic E-state index is -0.966. The zero-order valence-electron chi connectivity index (χ0n) is 12.1. The van der Waals surface area contributed by atoms with Crippen LogP contribution < -0.4 is 4.90 Å². The molecule has 1 aromatic heterocycles. The van der Waals surface area contributed by atoms with Crippen molar-refractivity contribution in [2.75, 3.05) is 25.2 Å². The largest absolute Gasteiger partial charge is 0.481 e. The van der Waals surface area contributed by atoms with Crippen molar-refractivity contribution < 1.29 is 19.6 Å². The van der Waals surface area contributed by atoms with E-state index in [-0.39, 0.29) is 18.9 Å². The van der Waals surface area contributed by atoms with E-state index in [9.17, 15) is 20.0 Å². The van der Waals surface area contributed by atoms with E-state index in [0.29, 0.717) is 18.1 Å². The van der Waals surface area contributed by atoms with Crippen LogP contribution in [-0.2, 0) is 16.1 Å². The smallest absolute Gasteiger partial charge is 0.333 e. The van der Waals surface area contributed by atoms with Crippen LogP contribution in [0.3, 0.4) is 0 Å². The van der Waals surface area contributed by atoms with Crippen LogP contribution in [0.4, 0.5) is 11.5 Å². The van der Waals surface area contributed by atoms with Gasteiger partial charge in [0.25, 0.3) is 0 Å². The number of nitro groups is 1. The van der Waals surface area contributed by atoms with E-state index >= 15 is 0 Å². The first-order chi connectivity index (χ1) is 9.88. The maximum Gasteiger partial charge on any atom is 0.333 e. The van der Waals surface area contributed by atoms with Crippen molar-refractivity contribution in [2.24, 2.45) is 5.92 Å².